The highest BCUT2D eigenvalue weighted by Crippen LogP contribution is 2.33. The molecule has 0 bridgehead atoms. The predicted octanol–water partition coefficient (Wildman–Crippen LogP) is 10.3. The van der Waals surface area contributed by atoms with Crippen molar-refractivity contribution in [2.75, 3.05) is 7.11 Å². The van der Waals surface area contributed by atoms with Gasteiger partial charge in [0.15, 0.2) is 44.1 Å². The maximum Gasteiger partial charge on any atom is 0.305 e. The Morgan fingerprint density at radius 2 is 0.405 bits per heavy atom. The van der Waals surface area contributed by atoms with Crippen molar-refractivity contribution in [2.45, 2.75) is 69.7 Å². The van der Waals surface area contributed by atoms with Crippen LogP contribution < -0.4 is 15.3 Å². The lowest BCUT2D eigenvalue weighted by molar-refractivity contribution is -0.315. The Morgan fingerprint density at radius 3 is 0.527 bits per heavy atom. The molecule has 0 amide bonds. The minimum Gasteiger partial charge on any atom is -0.550 e. The summed E-state index contributed by atoms with van der Waals surface area (Å²) in [6, 6.07) is 96.5. The van der Waals surface area contributed by atoms with Crippen molar-refractivity contribution in [1.82, 2.24) is 0 Å². The van der Waals surface area contributed by atoms with Crippen LogP contribution in [0.4, 0.5) is 0 Å². The third-order valence-corrected chi connectivity index (χ3v) is 16.8. The van der Waals surface area contributed by atoms with Crippen molar-refractivity contribution in [3.8, 4) is 0 Å². The lowest BCUT2D eigenvalue weighted by Crippen LogP contribution is -2.27. The number of aliphatic carboxylic acids is 3. The van der Waals surface area contributed by atoms with Crippen molar-refractivity contribution in [1.29, 1.82) is 0 Å². The largest absolute Gasteiger partial charge is 0.550 e. The lowest BCUT2D eigenvalue weighted by Gasteiger charge is -2.07. The van der Waals surface area contributed by atoms with Gasteiger partial charge in [-0.2, -0.15) is 0 Å². The molecule has 11 heteroatoms. The molecule has 9 aromatic carbocycles. The van der Waals surface area contributed by atoms with Crippen LogP contribution in [-0.4, -0.2) is 31.0 Å². The number of carbonyl (C=O) groups excluding carboxylic acids is 4. The Bertz CT molecular complexity index is 2380. The molecule has 0 unspecified atom stereocenters. The topological polar surface area (TPSA) is 147 Å². The zero-order chi connectivity index (χ0) is 52.6. The van der Waals surface area contributed by atoms with Crippen LogP contribution in [0.1, 0.15) is 25.7 Å². The number of benzene rings is 9. The van der Waals surface area contributed by atoms with Crippen LogP contribution in [0.25, 0.3) is 0 Å². The molecule has 9 aromatic rings. The first kappa shape index (κ1) is 56.8. The Morgan fingerprint density at radius 1 is 0.270 bits per heavy atom. The Hall–Kier alpha value is -8.09. The summed E-state index contributed by atoms with van der Waals surface area (Å²) in [5, 5.41) is 28.7. The highest BCUT2D eigenvalue weighted by Gasteiger charge is 2.30. The fourth-order valence-corrected chi connectivity index (χ4v) is 13.1. The first-order valence-electron chi connectivity index (χ1n) is 23.5. The van der Waals surface area contributed by atoms with Gasteiger partial charge < -0.3 is 34.4 Å². The molecule has 74 heavy (non-hydrogen) atoms. The standard InChI is InChI=1S/3C18H15S.C5H8O4.C4H6O4/c3*1-4-10-16(11-5-1)19(17-12-6-2-7-13-17)18-14-8-3-9-15-18;1-9-5(8)3-2-4(6)7;5-3(6)1-2-4(7)8/h3*1-15H;2-3H2,1H3,(H,6,7);1-2H2,(H,5,6)(H,7,8)/q3*+1;;/p-3. The summed E-state index contributed by atoms with van der Waals surface area (Å²) in [5.74, 6) is -4.50. The van der Waals surface area contributed by atoms with E-state index in [1.54, 1.807) is 0 Å². The van der Waals surface area contributed by atoms with Gasteiger partial charge in [0, 0.05) is 17.9 Å². The Kier molecular flexibility index (Phi) is 25.2. The highest BCUT2D eigenvalue weighted by molar-refractivity contribution is 7.97. The molecule has 0 saturated carbocycles. The van der Waals surface area contributed by atoms with Crippen molar-refractivity contribution < 1.29 is 39.2 Å². The zero-order valence-corrected chi connectivity index (χ0v) is 43.2. The second-order valence-corrected chi connectivity index (χ2v) is 21.5. The summed E-state index contributed by atoms with van der Waals surface area (Å²) < 4.78 is 4.17. The predicted molar refractivity (Wildman–Crippen MR) is 290 cm³/mol. The van der Waals surface area contributed by atoms with Crippen LogP contribution in [-0.2, 0) is 56.6 Å². The zero-order valence-electron chi connectivity index (χ0n) is 40.8. The maximum absolute atomic E-state index is 10.2. The number of esters is 1. The third kappa shape index (κ3) is 20.2. The molecule has 0 aromatic heterocycles. The summed E-state index contributed by atoms with van der Waals surface area (Å²) in [5.41, 5.74) is 0. The number of methoxy groups -OCH3 is 1. The minimum absolute atomic E-state index is 0.0146. The van der Waals surface area contributed by atoms with Gasteiger partial charge in [-0.3, -0.25) is 4.79 Å². The van der Waals surface area contributed by atoms with E-state index < -0.39 is 36.7 Å². The molecule has 0 radical (unpaired) electrons. The quantitative estimate of drug-likeness (QED) is 0.0729. The second-order valence-electron chi connectivity index (χ2n) is 15.4. The summed E-state index contributed by atoms with van der Waals surface area (Å²) in [6.45, 7) is 0. The van der Waals surface area contributed by atoms with Gasteiger partial charge in [-0.25, -0.2) is 0 Å². The van der Waals surface area contributed by atoms with Gasteiger partial charge in [0.05, 0.1) is 46.2 Å². The number of carboxylic acids is 3. The number of carboxylic acid groups (broad SMARTS) is 3. The molecule has 0 aliphatic carbocycles. The molecule has 0 spiro atoms. The molecule has 374 valence electrons. The van der Waals surface area contributed by atoms with E-state index in [-0.39, 0.29) is 45.5 Å². The van der Waals surface area contributed by atoms with Crippen molar-refractivity contribution in [2.24, 2.45) is 0 Å². The van der Waals surface area contributed by atoms with Crippen LogP contribution in [0.5, 0.6) is 0 Å². The van der Waals surface area contributed by atoms with Crippen LogP contribution in [0.3, 0.4) is 0 Å². The molecule has 0 fully saturated rings. The van der Waals surface area contributed by atoms with E-state index >= 15 is 0 Å². The molecule has 9 rings (SSSR count). The molecule has 0 aliphatic rings. The average Bonchev–Trinajstić information content (AvgIpc) is 3.45. The van der Waals surface area contributed by atoms with Crippen LogP contribution in [0.2, 0.25) is 0 Å². The first-order valence-corrected chi connectivity index (χ1v) is 27.2. The molecule has 8 nitrogen and oxygen atoms in total. The van der Waals surface area contributed by atoms with Crippen LogP contribution in [0, 0.1) is 0 Å². The van der Waals surface area contributed by atoms with E-state index in [4.69, 9.17) is 0 Å². The van der Waals surface area contributed by atoms with Gasteiger partial charge in [0.2, 0.25) is 0 Å². The van der Waals surface area contributed by atoms with Crippen molar-refractivity contribution in [3.63, 3.8) is 0 Å². The van der Waals surface area contributed by atoms with E-state index in [9.17, 15) is 34.5 Å². The summed E-state index contributed by atoms with van der Waals surface area (Å²) in [4.78, 5) is 51.2. The SMILES string of the molecule is COC(=O)CCC(=O)[O-].O=C([O-])CCC(=O)[O-].c1ccc([S+](c2ccccc2)c2ccccc2)cc1.c1ccc([S+](c2ccccc2)c2ccccc2)cc1.c1ccc([S+](c2ccccc2)c2ccccc2)cc1. The van der Waals surface area contributed by atoms with E-state index in [2.05, 4.69) is 278 Å². The van der Waals surface area contributed by atoms with Crippen LogP contribution in [0.15, 0.2) is 317 Å². The second kappa shape index (κ2) is 32.8. The molecule has 0 atom stereocenters. The first-order chi connectivity index (χ1) is 36.1. The fraction of sp³-hybridized carbons (Fsp3) is 0.0794. The lowest BCUT2D eigenvalue weighted by atomic mass is 10.3. The number of hydrogen-bond donors (Lipinski definition) is 0. The molecular formula is C63H56O8S3. The number of carbonyl (C=O) groups is 4. The molecule has 0 saturated heterocycles. The molecular weight excluding hydrogens is 981 g/mol. The number of hydrogen-bond acceptors (Lipinski definition) is 8. The summed E-state index contributed by atoms with van der Waals surface area (Å²) in [7, 11) is 1.16. The van der Waals surface area contributed by atoms with Gasteiger partial charge >= 0.3 is 5.97 Å². The number of ether oxygens (including phenoxy) is 1. The monoisotopic (exact) mass is 1040 g/mol. The minimum atomic E-state index is -1.37. The average molecular weight is 1040 g/mol. The molecule has 0 aliphatic heterocycles. The molecule has 0 N–H and O–H groups in total. The highest BCUT2D eigenvalue weighted by atomic mass is 32.2. The van der Waals surface area contributed by atoms with E-state index in [1.807, 2.05) is 0 Å². The van der Waals surface area contributed by atoms with E-state index in [0.29, 0.717) is 0 Å². The summed E-state index contributed by atoms with van der Waals surface area (Å²) >= 11 is 0. The van der Waals surface area contributed by atoms with Gasteiger partial charge in [0.25, 0.3) is 0 Å². The maximum atomic E-state index is 10.2. The smallest absolute Gasteiger partial charge is 0.305 e. The van der Waals surface area contributed by atoms with Gasteiger partial charge in [-0.1, -0.05) is 164 Å². The third-order valence-electron chi connectivity index (χ3n) is 10.1. The van der Waals surface area contributed by atoms with Gasteiger partial charge in [0.1, 0.15) is 0 Å². The van der Waals surface area contributed by atoms with Gasteiger partial charge in [-0.05, 0) is 128 Å². The van der Waals surface area contributed by atoms with Crippen LogP contribution >= 0.6 is 0 Å². The van der Waals surface area contributed by atoms with Crippen molar-refractivity contribution in [3.05, 3.63) is 273 Å². The Balaban J connectivity index is 0.000000179. The normalized spacial score (nSPS) is 10.1. The summed E-state index contributed by atoms with van der Waals surface area (Å²) in [6.07, 6.45) is -1.32. The number of rotatable bonds is 15. The van der Waals surface area contributed by atoms with Gasteiger partial charge in [-0.15, -0.1) is 0 Å². The van der Waals surface area contributed by atoms with Crippen molar-refractivity contribution >= 4 is 56.6 Å². The van der Waals surface area contributed by atoms with E-state index in [0.717, 1.165) is 0 Å². The molecule has 0 heterocycles. The fourth-order valence-electron chi connectivity index (χ4n) is 6.74. The Labute approximate surface area is 443 Å². The van der Waals surface area contributed by atoms with E-state index in [1.165, 1.54) is 51.2 Å².